The summed E-state index contributed by atoms with van der Waals surface area (Å²) in [6, 6.07) is 3.93. The van der Waals surface area contributed by atoms with E-state index in [-0.39, 0.29) is 5.78 Å². The molecule has 0 atom stereocenters. The highest BCUT2D eigenvalue weighted by Crippen LogP contribution is 2.25. The molecule has 18 heavy (non-hydrogen) atoms. The number of carbonyl (C=O) groups excluding carboxylic acids is 1. The number of hydrogen-bond donors (Lipinski definition) is 0. The van der Waals surface area contributed by atoms with Gasteiger partial charge in [-0.1, -0.05) is 0 Å². The highest BCUT2D eigenvalue weighted by Gasteiger charge is 2.22. The number of hydrogen-bond acceptors (Lipinski definition) is 3. The maximum absolute atomic E-state index is 11.9. The summed E-state index contributed by atoms with van der Waals surface area (Å²) in [6.45, 7) is 2.77. The second-order valence-corrected chi connectivity index (χ2v) is 4.71. The summed E-state index contributed by atoms with van der Waals surface area (Å²) in [5.74, 6) is 0.279. The number of aromatic nitrogens is 3. The molecule has 0 saturated carbocycles. The normalized spacial score (nSPS) is 14.6. The third-order valence-electron chi connectivity index (χ3n) is 3.50. The molecule has 0 amide bonds. The van der Waals surface area contributed by atoms with E-state index in [9.17, 15) is 4.79 Å². The zero-order valence-corrected chi connectivity index (χ0v) is 10.4. The number of Topliss-reactive ketones (excluding diaryl/α,β-unsaturated/α-hetero) is 1. The molecule has 4 nitrogen and oxygen atoms in total. The van der Waals surface area contributed by atoms with Crippen LogP contribution in [-0.4, -0.2) is 20.3 Å². The number of nitrogens with zero attached hydrogens (tertiary/aromatic N) is 3. The van der Waals surface area contributed by atoms with E-state index in [1.807, 2.05) is 19.1 Å². The lowest BCUT2D eigenvalue weighted by Crippen LogP contribution is -2.14. The Morgan fingerprint density at radius 2 is 2.28 bits per heavy atom. The molecule has 2 aromatic heterocycles. The van der Waals surface area contributed by atoms with Gasteiger partial charge in [0, 0.05) is 29.6 Å². The number of fused-ring (bicyclic) bond motifs is 1. The van der Waals surface area contributed by atoms with Crippen LogP contribution in [-0.2, 0) is 13.0 Å². The average molecular weight is 241 g/mol. The molecule has 1 aliphatic rings. The summed E-state index contributed by atoms with van der Waals surface area (Å²) >= 11 is 0. The van der Waals surface area contributed by atoms with Gasteiger partial charge in [0.25, 0.3) is 0 Å². The zero-order chi connectivity index (χ0) is 12.5. The van der Waals surface area contributed by atoms with E-state index in [0.717, 1.165) is 36.3 Å². The molecule has 3 rings (SSSR count). The Kier molecular flexibility index (Phi) is 2.70. The average Bonchev–Trinajstić information content (AvgIpc) is 2.70. The molecule has 0 radical (unpaired) electrons. The lowest BCUT2D eigenvalue weighted by Gasteiger charge is -2.15. The molecule has 0 N–H and O–H groups in total. The number of ketones is 1. The van der Waals surface area contributed by atoms with E-state index in [1.54, 1.807) is 12.5 Å². The second-order valence-electron chi connectivity index (χ2n) is 4.71. The van der Waals surface area contributed by atoms with Gasteiger partial charge in [-0.3, -0.25) is 4.79 Å². The zero-order valence-electron chi connectivity index (χ0n) is 10.4. The highest BCUT2D eigenvalue weighted by atomic mass is 16.1. The largest absolute Gasteiger partial charge is 0.342 e. The van der Waals surface area contributed by atoms with E-state index in [1.165, 1.54) is 5.69 Å². The number of rotatable bonds is 2. The standard InChI is InChI=1S/C14H15N3O/c1-10-7-12-13(3-2-4-14(12)18)17(10)8-11-5-6-15-9-16-11/h5-7,9H,2-4,8H2,1H3. The molecule has 2 heterocycles. The molecule has 1 aliphatic carbocycles. The van der Waals surface area contributed by atoms with Gasteiger partial charge in [0.2, 0.25) is 0 Å². The minimum atomic E-state index is 0.279. The fourth-order valence-electron chi connectivity index (χ4n) is 2.58. The van der Waals surface area contributed by atoms with Gasteiger partial charge in [0.05, 0.1) is 12.2 Å². The minimum absolute atomic E-state index is 0.279. The van der Waals surface area contributed by atoms with E-state index < -0.39 is 0 Å². The summed E-state index contributed by atoms with van der Waals surface area (Å²) < 4.78 is 2.20. The maximum Gasteiger partial charge on any atom is 0.164 e. The number of carbonyl (C=O) groups is 1. The molecule has 2 aromatic rings. The summed E-state index contributed by atoms with van der Waals surface area (Å²) in [7, 11) is 0. The summed E-state index contributed by atoms with van der Waals surface area (Å²) in [6.07, 6.45) is 5.94. The Morgan fingerprint density at radius 3 is 3.06 bits per heavy atom. The maximum atomic E-state index is 11.9. The molecule has 0 bridgehead atoms. The van der Waals surface area contributed by atoms with Crippen LogP contribution in [0.4, 0.5) is 0 Å². The Balaban J connectivity index is 2.00. The SMILES string of the molecule is Cc1cc2c(n1Cc1ccncn1)CCCC2=O. The van der Waals surface area contributed by atoms with Gasteiger partial charge >= 0.3 is 0 Å². The van der Waals surface area contributed by atoms with E-state index in [2.05, 4.69) is 14.5 Å². The van der Waals surface area contributed by atoms with Crippen LogP contribution < -0.4 is 0 Å². The van der Waals surface area contributed by atoms with Crippen molar-refractivity contribution in [1.29, 1.82) is 0 Å². The van der Waals surface area contributed by atoms with Gasteiger partial charge in [-0.2, -0.15) is 0 Å². The van der Waals surface area contributed by atoms with Crippen LogP contribution in [0.1, 0.15) is 40.3 Å². The first-order valence-corrected chi connectivity index (χ1v) is 6.23. The fraction of sp³-hybridized carbons (Fsp3) is 0.357. The van der Waals surface area contributed by atoms with E-state index in [0.29, 0.717) is 6.42 Å². The van der Waals surface area contributed by atoms with Crippen molar-refractivity contribution in [1.82, 2.24) is 14.5 Å². The van der Waals surface area contributed by atoms with Gasteiger partial charge in [-0.05, 0) is 31.9 Å². The summed E-state index contributed by atoms with van der Waals surface area (Å²) in [4.78, 5) is 20.0. The third kappa shape index (κ3) is 1.83. The topological polar surface area (TPSA) is 47.8 Å². The minimum Gasteiger partial charge on any atom is -0.342 e. The predicted octanol–water partition coefficient (Wildman–Crippen LogP) is 2.15. The van der Waals surface area contributed by atoms with Crippen molar-refractivity contribution < 1.29 is 4.79 Å². The van der Waals surface area contributed by atoms with E-state index in [4.69, 9.17) is 0 Å². The quantitative estimate of drug-likeness (QED) is 0.809. The Morgan fingerprint density at radius 1 is 1.39 bits per heavy atom. The van der Waals surface area contributed by atoms with Crippen LogP contribution in [0.2, 0.25) is 0 Å². The van der Waals surface area contributed by atoms with Crippen LogP contribution in [0, 0.1) is 6.92 Å². The molecular formula is C14H15N3O. The first-order valence-electron chi connectivity index (χ1n) is 6.23. The van der Waals surface area contributed by atoms with Crippen molar-refractivity contribution in [2.24, 2.45) is 0 Å². The molecule has 0 unspecified atom stereocenters. The molecule has 0 spiro atoms. The van der Waals surface area contributed by atoms with Crippen LogP contribution in [0.15, 0.2) is 24.7 Å². The Bertz CT molecular complexity index is 587. The summed E-state index contributed by atoms with van der Waals surface area (Å²) in [5.41, 5.74) is 4.19. The lowest BCUT2D eigenvalue weighted by atomic mass is 9.96. The van der Waals surface area contributed by atoms with Gasteiger partial charge in [0.1, 0.15) is 6.33 Å². The van der Waals surface area contributed by atoms with Crippen molar-refractivity contribution in [3.05, 3.63) is 47.3 Å². The predicted molar refractivity (Wildman–Crippen MR) is 67.6 cm³/mol. The highest BCUT2D eigenvalue weighted by molar-refractivity contribution is 5.98. The number of aryl methyl sites for hydroxylation is 1. The molecule has 0 aromatic carbocycles. The van der Waals surface area contributed by atoms with Crippen LogP contribution >= 0.6 is 0 Å². The van der Waals surface area contributed by atoms with Gasteiger partial charge in [-0.25, -0.2) is 9.97 Å². The van der Waals surface area contributed by atoms with Crippen molar-refractivity contribution in [3.63, 3.8) is 0 Å². The molecular weight excluding hydrogens is 226 g/mol. The fourth-order valence-corrected chi connectivity index (χ4v) is 2.58. The molecule has 4 heteroatoms. The Hall–Kier alpha value is -1.97. The van der Waals surface area contributed by atoms with Crippen molar-refractivity contribution >= 4 is 5.78 Å². The van der Waals surface area contributed by atoms with Gasteiger partial charge in [0.15, 0.2) is 5.78 Å². The van der Waals surface area contributed by atoms with Crippen LogP contribution in [0.5, 0.6) is 0 Å². The summed E-state index contributed by atoms with van der Waals surface area (Å²) in [5, 5.41) is 0. The van der Waals surface area contributed by atoms with Crippen LogP contribution in [0.25, 0.3) is 0 Å². The van der Waals surface area contributed by atoms with Crippen molar-refractivity contribution in [2.45, 2.75) is 32.7 Å². The molecule has 92 valence electrons. The Labute approximate surface area is 106 Å². The lowest BCUT2D eigenvalue weighted by molar-refractivity contribution is 0.0972. The third-order valence-corrected chi connectivity index (χ3v) is 3.50. The van der Waals surface area contributed by atoms with E-state index >= 15 is 0 Å². The second kappa shape index (κ2) is 4.37. The molecule has 0 aliphatic heterocycles. The monoisotopic (exact) mass is 241 g/mol. The van der Waals surface area contributed by atoms with Crippen LogP contribution in [0.3, 0.4) is 0 Å². The first-order chi connectivity index (χ1) is 8.75. The van der Waals surface area contributed by atoms with Gasteiger partial charge in [-0.15, -0.1) is 0 Å². The first kappa shape index (κ1) is 11.1. The van der Waals surface area contributed by atoms with Crippen molar-refractivity contribution in [2.75, 3.05) is 0 Å². The smallest absolute Gasteiger partial charge is 0.164 e. The van der Waals surface area contributed by atoms with Crippen molar-refractivity contribution in [3.8, 4) is 0 Å². The molecule has 0 fully saturated rings. The molecule has 0 saturated heterocycles. The van der Waals surface area contributed by atoms with Gasteiger partial charge < -0.3 is 4.57 Å².